The van der Waals surface area contributed by atoms with Gasteiger partial charge in [0.2, 0.25) is 11.4 Å². The number of fused-ring (bicyclic) bond motifs is 3. The summed E-state index contributed by atoms with van der Waals surface area (Å²) in [5.74, 6) is -3.84. The zero-order valence-electron chi connectivity index (χ0n) is 19.3. The molecule has 0 aromatic heterocycles. The highest BCUT2D eigenvalue weighted by Crippen LogP contribution is 2.44. The smallest absolute Gasteiger partial charge is 0.422 e. The Morgan fingerprint density at radius 2 is 1.54 bits per heavy atom. The highest BCUT2D eigenvalue weighted by molar-refractivity contribution is 5.91. The molecule has 3 rings (SSSR count). The van der Waals surface area contributed by atoms with E-state index in [1.165, 1.54) is 10.2 Å². The number of carboxylic acids is 1. The van der Waals surface area contributed by atoms with Crippen LogP contribution in [-0.2, 0) is 14.3 Å². The Kier molecular flexibility index (Phi) is 7.39. The Bertz CT molecular complexity index is 1080. The topological polar surface area (TPSA) is 108 Å². The quantitative estimate of drug-likeness (QED) is 0.522. The number of likely N-dealkylation sites (N-methyl/N-ethyl adjacent to an activating group) is 1. The lowest BCUT2D eigenvalue weighted by molar-refractivity contribution is -0.207. The van der Waals surface area contributed by atoms with E-state index in [1.807, 2.05) is 48.5 Å². The zero-order valence-corrected chi connectivity index (χ0v) is 19.3. The number of alkyl halides is 3. The minimum Gasteiger partial charge on any atom is -0.479 e. The molecular weight excluding hydrogens is 467 g/mol. The predicted molar refractivity (Wildman–Crippen MR) is 121 cm³/mol. The fourth-order valence-electron chi connectivity index (χ4n) is 3.92. The molecule has 2 aromatic carbocycles. The summed E-state index contributed by atoms with van der Waals surface area (Å²) in [6, 6.07) is 13.8. The number of carbonyl (C=O) groups excluding carboxylic acids is 2. The molecule has 35 heavy (non-hydrogen) atoms. The molecular formula is C24H26F3N3O5. The Morgan fingerprint density at radius 3 is 2.00 bits per heavy atom. The first-order chi connectivity index (χ1) is 16.3. The molecule has 8 nitrogen and oxygen atoms in total. The highest BCUT2D eigenvalue weighted by Gasteiger charge is 2.59. The zero-order chi connectivity index (χ0) is 26.0. The van der Waals surface area contributed by atoms with Crippen molar-refractivity contribution in [3.63, 3.8) is 0 Å². The predicted octanol–water partition coefficient (Wildman–Crippen LogP) is 2.98. The second-order valence-electron chi connectivity index (χ2n) is 8.70. The number of halogens is 3. The van der Waals surface area contributed by atoms with Gasteiger partial charge in [-0.05, 0) is 43.3 Å². The monoisotopic (exact) mass is 493 g/mol. The third-order valence-electron chi connectivity index (χ3n) is 5.87. The van der Waals surface area contributed by atoms with Gasteiger partial charge in [0, 0.05) is 12.5 Å². The minimum atomic E-state index is -5.26. The lowest BCUT2D eigenvalue weighted by Gasteiger charge is -2.31. The van der Waals surface area contributed by atoms with Crippen molar-refractivity contribution in [3.05, 3.63) is 59.7 Å². The summed E-state index contributed by atoms with van der Waals surface area (Å²) in [5, 5.41) is 12.8. The Labute approximate surface area is 200 Å². The highest BCUT2D eigenvalue weighted by atomic mass is 19.4. The van der Waals surface area contributed by atoms with Crippen LogP contribution in [0.4, 0.5) is 18.0 Å². The molecule has 0 saturated heterocycles. The summed E-state index contributed by atoms with van der Waals surface area (Å²) in [4.78, 5) is 37.9. The van der Waals surface area contributed by atoms with Gasteiger partial charge in [-0.25, -0.2) is 9.59 Å². The van der Waals surface area contributed by atoms with Crippen molar-refractivity contribution in [2.75, 3.05) is 27.2 Å². The van der Waals surface area contributed by atoms with E-state index in [1.54, 1.807) is 14.1 Å². The van der Waals surface area contributed by atoms with Crippen LogP contribution in [0.25, 0.3) is 11.1 Å². The number of carboxylic acid groups (broad SMARTS) is 1. The number of benzene rings is 2. The lowest BCUT2D eigenvalue weighted by atomic mass is 9.98. The molecule has 0 bridgehead atoms. The molecule has 0 aliphatic heterocycles. The molecule has 0 fully saturated rings. The van der Waals surface area contributed by atoms with Crippen LogP contribution in [0.15, 0.2) is 48.5 Å². The molecule has 0 radical (unpaired) electrons. The van der Waals surface area contributed by atoms with Crippen molar-refractivity contribution in [2.45, 2.75) is 30.6 Å². The van der Waals surface area contributed by atoms with Gasteiger partial charge in [0.15, 0.2) is 0 Å². The van der Waals surface area contributed by atoms with Crippen LogP contribution in [0.2, 0.25) is 0 Å². The first-order valence-corrected chi connectivity index (χ1v) is 10.7. The van der Waals surface area contributed by atoms with Gasteiger partial charge in [0.25, 0.3) is 0 Å². The fourth-order valence-corrected chi connectivity index (χ4v) is 3.92. The van der Waals surface area contributed by atoms with E-state index in [0.29, 0.717) is 6.92 Å². The first kappa shape index (κ1) is 26.0. The van der Waals surface area contributed by atoms with Crippen LogP contribution < -0.4 is 10.6 Å². The maximum Gasteiger partial charge on any atom is 0.422 e. The van der Waals surface area contributed by atoms with Crippen molar-refractivity contribution >= 4 is 18.0 Å². The third kappa shape index (κ3) is 5.40. The molecule has 11 heteroatoms. The molecule has 1 unspecified atom stereocenters. The lowest BCUT2D eigenvalue weighted by Crippen LogP contribution is -2.65. The summed E-state index contributed by atoms with van der Waals surface area (Å²) in [6.07, 6.45) is -6.28. The molecule has 3 N–H and O–H groups in total. The Balaban J connectivity index is 1.72. The van der Waals surface area contributed by atoms with Gasteiger partial charge in [-0.15, -0.1) is 0 Å². The van der Waals surface area contributed by atoms with E-state index in [0.717, 1.165) is 22.3 Å². The van der Waals surface area contributed by atoms with Crippen molar-refractivity contribution in [2.24, 2.45) is 0 Å². The van der Waals surface area contributed by atoms with Crippen LogP contribution in [0.5, 0.6) is 0 Å². The van der Waals surface area contributed by atoms with E-state index >= 15 is 0 Å². The van der Waals surface area contributed by atoms with Gasteiger partial charge < -0.3 is 25.4 Å². The maximum absolute atomic E-state index is 13.3. The molecule has 0 saturated carbocycles. The summed E-state index contributed by atoms with van der Waals surface area (Å²) < 4.78 is 45.3. The average molecular weight is 493 g/mol. The summed E-state index contributed by atoms with van der Waals surface area (Å²) in [5.41, 5.74) is 0.430. The van der Waals surface area contributed by atoms with E-state index in [-0.39, 0.29) is 19.1 Å². The molecule has 1 aliphatic rings. The number of nitrogens with one attached hydrogen (secondary N) is 2. The number of hydrogen-bond donors (Lipinski definition) is 3. The second kappa shape index (κ2) is 9.95. The van der Waals surface area contributed by atoms with Crippen LogP contribution in [0, 0.1) is 0 Å². The van der Waals surface area contributed by atoms with Gasteiger partial charge in [-0.1, -0.05) is 48.5 Å². The van der Waals surface area contributed by atoms with Crippen LogP contribution >= 0.6 is 0 Å². The maximum atomic E-state index is 13.3. The molecule has 0 spiro atoms. The molecule has 2 amide bonds. The summed E-state index contributed by atoms with van der Waals surface area (Å²) in [6.45, 7) is 0.0857. The van der Waals surface area contributed by atoms with E-state index < -0.39 is 35.7 Å². The number of carbonyl (C=O) groups is 3. The van der Waals surface area contributed by atoms with E-state index in [9.17, 15) is 27.6 Å². The van der Waals surface area contributed by atoms with Gasteiger partial charge in [0.05, 0.1) is 0 Å². The molecule has 1 aliphatic carbocycles. The number of hydrogen-bond acceptors (Lipinski definition) is 5. The number of alkyl carbamates (subject to hydrolysis) is 1. The number of amides is 2. The van der Waals surface area contributed by atoms with Gasteiger partial charge in [-0.3, -0.25) is 4.79 Å². The summed E-state index contributed by atoms with van der Waals surface area (Å²) >= 11 is 0. The largest absolute Gasteiger partial charge is 0.479 e. The SMILES string of the molecule is CN(C)C[C@H](NC(=O)OCC1c2ccccc2-c2ccccc21)C(=O)NC(C)(C(=O)O)C(F)(F)F. The molecule has 0 heterocycles. The van der Waals surface area contributed by atoms with Crippen molar-refractivity contribution in [1.29, 1.82) is 0 Å². The molecule has 2 atom stereocenters. The fraction of sp³-hybridized carbons (Fsp3) is 0.375. The number of rotatable bonds is 8. The van der Waals surface area contributed by atoms with Crippen LogP contribution in [0.3, 0.4) is 0 Å². The number of ether oxygens (including phenoxy) is 1. The van der Waals surface area contributed by atoms with Gasteiger partial charge >= 0.3 is 18.2 Å². The van der Waals surface area contributed by atoms with Gasteiger partial charge in [0.1, 0.15) is 12.6 Å². The normalized spacial score (nSPS) is 15.5. The first-order valence-electron chi connectivity index (χ1n) is 10.7. The van der Waals surface area contributed by atoms with Crippen LogP contribution in [0.1, 0.15) is 24.0 Å². The average Bonchev–Trinajstić information content (AvgIpc) is 3.09. The molecule has 2 aromatic rings. The Hall–Kier alpha value is -3.60. The molecule has 188 valence electrons. The Morgan fingerprint density at radius 1 is 1.03 bits per heavy atom. The third-order valence-corrected chi connectivity index (χ3v) is 5.87. The van der Waals surface area contributed by atoms with Crippen molar-refractivity contribution in [3.8, 4) is 11.1 Å². The number of nitrogens with zero attached hydrogens (tertiary/aromatic N) is 1. The number of aliphatic carboxylic acids is 1. The van der Waals surface area contributed by atoms with E-state index in [4.69, 9.17) is 9.84 Å². The second-order valence-corrected chi connectivity index (χ2v) is 8.70. The van der Waals surface area contributed by atoms with E-state index in [2.05, 4.69) is 5.32 Å². The van der Waals surface area contributed by atoms with Gasteiger partial charge in [-0.2, -0.15) is 13.2 Å². The standard InChI is InChI=1S/C24H26F3N3O5/c1-23(21(32)33,24(25,26)27)29-20(31)19(12-30(2)3)28-22(34)35-13-18-16-10-6-4-8-14(16)15-9-5-7-11-17(15)18/h4-11,18-19H,12-13H2,1-3H3,(H,28,34)(H,29,31)(H,32,33)/t19-,23?/m0/s1. The van der Waals surface area contributed by atoms with Crippen molar-refractivity contribution < 1.29 is 37.4 Å². The summed E-state index contributed by atoms with van der Waals surface area (Å²) in [7, 11) is 3.08. The minimum absolute atomic E-state index is 0.0639. The van der Waals surface area contributed by atoms with Crippen molar-refractivity contribution in [1.82, 2.24) is 15.5 Å². The van der Waals surface area contributed by atoms with Crippen LogP contribution in [-0.4, -0.2) is 73.0 Å².